The summed E-state index contributed by atoms with van der Waals surface area (Å²) in [5.41, 5.74) is 5.62. The maximum absolute atomic E-state index is 11.6. The summed E-state index contributed by atoms with van der Waals surface area (Å²) in [4.78, 5) is 13.4. The van der Waals surface area contributed by atoms with Crippen LogP contribution in [0.2, 0.25) is 0 Å². The summed E-state index contributed by atoms with van der Waals surface area (Å²) in [7, 11) is 0. The highest BCUT2D eigenvalue weighted by molar-refractivity contribution is 7.99. The number of carbonyl (C=O) groups excluding carboxylic acids is 1. The molecule has 1 aliphatic rings. The molecule has 1 aliphatic heterocycles. The first-order valence-corrected chi connectivity index (χ1v) is 5.46. The van der Waals surface area contributed by atoms with Crippen LogP contribution in [0.4, 0.5) is 0 Å². The third-order valence-electron chi connectivity index (χ3n) is 1.98. The van der Waals surface area contributed by atoms with Crippen LogP contribution in [0, 0.1) is 12.3 Å². The molecule has 1 rings (SSSR count). The van der Waals surface area contributed by atoms with Crippen molar-refractivity contribution in [3.8, 4) is 12.3 Å². The zero-order chi connectivity index (χ0) is 9.68. The average molecular weight is 198 g/mol. The monoisotopic (exact) mass is 198 g/mol. The number of amides is 1. The zero-order valence-electron chi connectivity index (χ0n) is 7.53. The SMILES string of the molecule is C#CCC(N)C(=O)N1CCSCC1. The molecular formula is C9H14N2OS. The number of nitrogens with two attached hydrogens (primary N) is 1. The number of hydrogen-bond acceptors (Lipinski definition) is 3. The first-order valence-electron chi connectivity index (χ1n) is 4.31. The van der Waals surface area contributed by atoms with Crippen LogP contribution in [0.3, 0.4) is 0 Å². The third-order valence-corrected chi connectivity index (χ3v) is 2.92. The summed E-state index contributed by atoms with van der Waals surface area (Å²) < 4.78 is 0. The fourth-order valence-electron chi connectivity index (χ4n) is 1.23. The maximum Gasteiger partial charge on any atom is 0.240 e. The Balaban J connectivity index is 2.41. The first-order chi connectivity index (χ1) is 6.25. The summed E-state index contributed by atoms with van der Waals surface area (Å²) in [6.45, 7) is 1.61. The lowest BCUT2D eigenvalue weighted by Gasteiger charge is -2.28. The molecule has 0 aromatic heterocycles. The molecule has 0 radical (unpaired) electrons. The standard InChI is InChI=1S/C9H14N2OS/c1-2-3-8(10)9(12)11-4-6-13-7-5-11/h1,8H,3-7,10H2. The zero-order valence-corrected chi connectivity index (χ0v) is 8.35. The molecule has 0 saturated carbocycles. The average Bonchev–Trinajstić information content (AvgIpc) is 2.18. The number of carbonyl (C=O) groups is 1. The van der Waals surface area contributed by atoms with Gasteiger partial charge in [0.1, 0.15) is 0 Å². The van der Waals surface area contributed by atoms with Crippen molar-refractivity contribution in [3.63, 3.8) is 0 Å². The van der Waals surface area contributed by atoms with Crippen LogP contribution in [0.1, 0.15) is 6.42 Å². The predicted molar refractivity (Wildman–Crippen MR) is 55.3 cm³/mol. The summed E-state index contributed by atoms with van der Waals surface area (Å²) in [6.07, 6.45) is 5.43. The Morgan fingerprint density at radius 3 is 2.77 bits per heavy atom. The molecule has 0 spiro atoms. The van der Waals surface area contributed by atoms with E-state index in [9.17, 15) is 4.79 Å². The van der Waals surface area contributed by atoms with Crippen LogP contribution in [0.25, 0.3) is 0 Å². The summed E-state index contributed by atoms with van der Waals surface area (Å²) in [5.74, 6) is 4.43. The number of nitrogens with zero attached hydrogens (tertiary/aromatic N) is 1. The van der Waals surface area contributed by atoms with E-state index in [1.807, 2.05) is 11.8 Å². The van der Waals surface area contributed by atoms with E-state index in [1.165, 1.54) is 0 Å². The molecule has 1 atom stereocenters. The molecule has 0 aliphatic carbocycles. The summed E-state index contributed by atoms with van der Waals surface area (Å²) >= 11 is 1.87. The van der Waals surface area contributed by atoms with E-state index in [4.69, 9.17) is 12.2 Å². The van der Waals surface area contributed by atoms with Crippen molar-refractivity contribution in [3.05, 3.63) is 0 Å². The van der Waals surface area contributed by atoms with Gasteiger partial charge in [-0.15, -0.1) is 12.3 Å². The van der Waals surface area contributed by atoms with Gasteiger partial charge < -0.3 is 10.6 Å². The highest BCUT2D eigenvalue weighted by Crippen LogP contribution is 2.10. The first kappa shape index (κ1) is 10.4. The summed E-state index contributed by atoms with van der Waals surface area (Å²) in [6, 6.07) is -0.506. The van der Waals surface area contributed by atoms with Crippen molar-refractivity contribution < 1.29 is 4.79 Å². The number of terminal acetylenes is 1. The quantitative estimate of drug-likeness (QED) is 0.631. The van der Waals surface area contributed by atoms with Crippen LogP contribution >= 0.6 is 11.8 Å². The van der Waals surface area contributed by atoms with Gasteiger partial charge in [0.2, 0.25) is 5.91 Å². The Morgan fingerprint density at radius 1 is 1.62 bits per heavy atom. The van der Waals surface area contributed by atoms with Gasteiger partial charge in [-0.3, -0.25) is 4.79 Å². The van der Waals surface area contributed by atoms with Gasteiger partial charge in [0.15, 0.2) is 0 Å². The second-order valence-corrected chi connectivity index (χ2v) is 4.18. The van der Waals surface area contributed by atoms with Gasteiger partial charge in [0, 0.05) is 31.0 Å². The molecule has 13 heavy (non-hydrogen) atoms. The normalized spacial score (nSPS) is 19.2. The van der Waals surface area contributed by atoms with E-state index in [0.29, 0.717) is 6.42 Å². The van der Waals surface area contributed by atoms with Gasteiger partial charge >= 0.3 is 0 Å². The Bertz CT molecular complexity index is 218. The second-order valence-electron chi connectivity index (χ2n) is 2.95. The van der Waals surface area contributed by atoms with E-state index in [0.717, 1.165) is 24.6 Å². The van der Waals surface area contributed by atoms with E-state index >= 15 is 0 Å². The molecule has 1 amide bonds. The topological polar surface area (TPSA) is 46.3 Å². The highest BCUT2D eigenvalue weighted by Gasteiger charge is 2.21. The van der Waals surface area contributed by atoms with Gasteiger partial charge in [0.25, 0.3) is 0 Å². The van der Waals surface area contributed by atoms with Crippen LogP contribution in [-0.4, -0.2) is 41.4 Å². The van der Waals surface area contributed by atoms with E-state index < -0.39 is 6.04 Å². The van der Waals surface area contributed by atoms with Crippen molar-refractivity contribution in [1.82, 2.24) is 4.90 Å². The molecule has 0 aromatic rings. The third kappa shape index (κ3) is 2.94. The minimum absolute atomic E-state index is 0.00162. The lowest BCUT2D eigenvalue weighted by atomic mass is 10.2. The number of rotatable bonds is 2. The molecule has 0 aromatic carbocycles. The minimum atomic E-state index is -0.506. The molecule has 4 heteroatoms. The lowest BCUT2D eigenvalue weighted by molar-refractivity contribution is -0.132. The molecule has 1 fully saturated rings. The largest absolute Gasteiger partial charge is 0.340 e. The molecule has 1 unspecified atom stereocenters. The van der Waals surface area contributed by atoms with E-state index in [-0.39, 0.29) is 5.91 Å². The molecule has 2 N–H and O–H groups in total. The molecule has 1 saturated heterocycles. The Morgan fingerprint density at radius 2 is 2.23 bits per heavy atom. The van der Waals surface area contributed by atoms with Crippen LogP contribution in [0.15, 0.2) is 0 Å². The van der Waals surface area contributed by atoms with Crippen molar-refractivity contribution in [2.75, 3.05) is 24.6 Å². The molecule has 72 valence electrons. The molecule has 0 bridgehead atoms. The lowest BCUT2D eigenvalue weighted by Crippen LogP contribution is -2.47. The van der Waals surface area contributed by atoms with Gasteiger partial charge in [-0.2, -0.15) is 11.8 Å². The molecule has 3 nitrogen and oxygen atoms in total. The van der Waals surface area contributed by atoms with Crippen LogP contribution in [0.5, 0.6) is 0 Å². The smallest absolute Gasteiger partial charge is 0.240 e. The minimum Gasteiger partial charge on any atom is -0.340 e. The van der Waals surface area contributed by atoms with E-state index in [1.54, 1.807) is 4.90 Å². The number of thioether (sulfide) groups is 1. The molecule has 1 heterocycles. The highest BCUT2D eigenvalue weighted by atomic mass is 32.2. The number of hydrogen-bond donors (Lipinski definition) is 1. The fourth-order valence-corrected chi connectivity index (χ4v) is 2.14. The van der Waals surface area contributed by atoms with E-state index in [2.05, 4.69) is 5.92 Å². The van der Waals surface area contributed by atoms with Crippen LogP contribution in [-0.2, 0) is 4.79 Å². The van der Waals surface area contributed by atoms with Crippen molar-refractivity contribution in [2.45, 2.75) is 12.5 Å². The molecular weight excluding hydrogens is 184 g/mol. The van der Waals surface area contributed by atoms with Gasteiger partial charge in [-0.1, -0.05) is 0 Å². The fraction of sp³-hybridized carbons (Fsp3) is 0.667. The van der Waals surface area contributed by atoms with Crippen molar-refractivity contribution in [1.29, 1.82) is 0 Å². The maximum atomic E-state index is 11.6. The van der Waals surface area contributed by atoms with Gasteiger partial charge in [0.05, 0.1) is 6.04 Å². The second kappa shape index (κ2) is 5.15. The Kier molecular flexibility index (Phi) is 4.13. The summed E-state index contributed by atoms with van der Waals surface area (Å²) in [5, 5.41) is 0. The van der Waals surface area contributed by atoms with Gasteiger partial charge in [-0.05, 0) is 0 Å². The van der Waals surface area contributed by atoms with Crippen LogP contribution < -0.4 is 5.73 Å². The van der Waals surface area contributed by atoms with Gasteiger partial charge in [-0.25, -0.2) is 0 Å². The van der Waals surface area contributed by atoms with Crippen molar-refractivity contribution in [2.24, 2.45) is 5.73 Å². The predicted octanol–water partition coefficient (Wildman–Crippen LogP) is -0.0876. The Labute approximate surface area is 83.0 Å². The van der Waals surface area contributed by atoms with Crippen molar-refractivity contribution >= 4 is 17.7 Å². The Hall–Kier alpha value is -0.660.